The summed E-state index contributed by atoms with van der Waals surface area (Å²) in [4.78, 5) is 31.4. The van der Waals surface area contributed by atoms with Gasteiger partial charge in [-0.15, -0.1) is 0 Å². The molecule has 0 amide bonds. The van der Waals surface area contributed by atoms with E-state index in [1.807, 2.05) is 91.0 Å². The third kappa shape index (κ3) is 2.98. The monoisotopic (exact) mass is 425 g/mol. The molecule has 156 valence electrons. The van der Waals surface area contributed by atoms with Crippen LogP contribution in [0.4, 0.5) is 0 Å². The zero-order chi connectivity index (χ0) is 22.4. The van der Waals surface area contributed by atoms with Crippen LogP contribution in [0.25, 0.3) is 33.3 Å². The highest BCUT2D eigenvalue weighted by molar-refractivity contribution is 6.53. The molecule has 33 heavy (non-hydrogen) atoms. The van der Waals surface area contributed by atoms with Crippen LogP contribution < -0.4 is 0 Å². The van der Waals surface area contributed by atoms with Gasteiger partial charge in [0.2, 0.25) is 0 Å². The van der Waals surface area contributed by atoms with Gasteiger partial charge in [0.05, 0.1) is 5.69 Å². The number of aromatic nitrogens is 1. The summed E-state index contributed by atoms with van der Waals surface area (Å²) in [5.74, 6) is -0.262. The Morgan fingerprint density at radius 2 is 1.00 bits per heavy atom. The van der Waals surface area contributed by atoms with Crippen molar-refractivity contribution in [3.63, 3.8) is 0 Å². The molecular weight excluding hydrogens is 406 g/mol. The molecule has 0 saturated heterocycles. The van der Waals surface area contributed by atoms with Crippen molar-refractivity contribution in [3.8, 4) is 11.3 Å². The first-order valence-corrected chi connectivity index (χ1v) is 10.9. The number of hydrogen-bond donors (Lipinski definition) is 1. The van der Waals surface area contributed by atoms with Gasteiger partial charge < -0.3 is 4.98 Å². The lowest BCUT2D eigenvalue weighted by Gasteiger charge is -2.22. The summed E-state index contributed by atoms with van der Waals surface area (Å²) in [7, 11) is 0. The molecule has 0 unspecified atom stereocenters. The number of H-pyrrole nitrogens is 1. The average Bonchev–Trinajstić information content (AvgIpc) is 3.26. The Morgan fingerprint density at radius 3 is 1.67 bits per heavy atom. The minimum atomic E-state index is -0.133. The highest BCUT2D eigenvalue weighted by Crippen LogP contribution is 2.43. The quantitative estimate of drug-likeness (QED) is 0.345. The third-order valence-electron chi connectivity index (χ3n) is 6.20. The fourth-order valence-electron chi connectivity index (χ4n) is 4.72. The van der Waals surface area contributed by atoms with Crippen LogP contribution in [0, 0.1) is 0 Å². The number of aromatic amines is 1. The van der Waals surface area contributed by atoms with Crippen molar-refractivity contribution in [3.05, 3.63) is 131 Å². The molecular formula is C30H19NO2. The maximum atomic E-state index is 14.0. The zero-order valence-electron chi connectivity index (χ0n) is 17.7. The van der Waals surface area contributed by atoms with E-state index >= 15 is 0 Å². The Kier molecular flexibility index (Phi) is 4.41. The van der Waals surface area contributed by atoms with Crippen LogP contribution >= 0.6 is 0 Å². The molecule has 0 bridgehead atoms. The largest absolute Gasteiger partial charge is 0.354 e. The summed E-state index contributed by atoms with van der Waals surface area (Å²) in [6.45, 7) is 0. The summed E-state index contributed by atoms with van der Waals surface area (Å²) in [5.41, 5.74) is 6.01. The van der Waals surface area contributed by atoms with Crippen molar-refractivity contribution < 1.29 is 9.59 Å². The van der Waals surface area contributed by atoms with Crippen LogP contribution in [0.5, 0.6) is 0 Å². The van der Waals surface area contributed by atoms with Crippen molar-refractivity contribution in [2.45, 2.75) is 0 Å². The lowest BCUT2D eigenvalue weighted by atomic mass is 9.77. The molecule has 0 radical (unpaired) electrons. The summed E-state index contributed by atoms with van der Waals surface area (Å²) in [6, 6.07) is 34.4. The van der Waals surface area contributed by atoms with E-state index in [0.717, 1.165) is 33.3 Å². The van der Waals surface area contributed by atoms with Crippen LogP contribution in [0.1, 0.15) is 31.8 Å². The first-order valence-electron chi connectivity index (χ1n) is 10.9. The highest BCUT2D eigenvalue weighted by atomic mass is 16.1. The number of rotatable bonds is 3. The number of carbonyl (C=O) groups is 2. The second-order valence-corrected chi connectivity index (χ2v) is 8.11. The molecule has 0 aliphatic heterocycles. The molecule has 0 spiro atoms. The molecule has 1 aromatic heterocycles. The van der Waals surface area contributed by atoms with Crippen LogP contribution in [-0.2, 0) is 0 Å². The highest BCUT2D eigenvalue weighted by Gasteiger charge is 2.35. The van der Waals surface area contributed by atoms with Crippen LogP contribution in [0.15, 0.2) is 109 Å². The fraction of sp³-hybridized carbons (Fsp3) is 0. The van der Waals surface area contributed by atoms with Crippen LogP contribution in [0.2, 0.25) is 0 Å². The molecule has 5 aromatic rings. The van der Waals surface area contributed by atoms with Crippen molar-refractivity contribution in [1.82, 2.24) is 4.98 Å². The predicted octanol–water partition coefficient (Wildman–Crippen LogP) is 6.82. The molecule has 1 aliphatic carbocycles. The molecule has 1 N–H and O–H groups in total. The van der Waals surface area contributed by atoms with Crippen LogP contribution in [0.3, 0.4) is 0 Å². The Bertz CT molecular complexity index is 1570. The van der Waals surface area contributed by atoms with Gasteiger partial charge in [-0.1, -0.05) is 103 Å². The lowest BCUT2D eigenvalue weighted by Crippen LogP contribution is -2.21. The topological polar surface area (TPSA) is 49.9 Å². The molecule has 3 heteroatoms. The molecule has 0 fully saturated rings. The number of hydrogen-bond acceptors (Lipinski definition) is 2. The van der Waals surface area contributed by atoms with Crippen LogP contribution in [-0.4, -0.2) is 16.6 Å². The summed E-state index contributed by atoms with van der Waals surface area (Å²) in [5, 5.41) is 0.917. The first kappa shape index (κ1) is 19.2. The van der Waals surface area contributed by atoms with Gasteiger partial charge >= 0.3 is 0 Å². The number of allylic oxidation sites excluding steroid dienone is 2. The van der Waals surface area contributed by atoms with Gasteiger partial charge in [0, 0.05) is 38.7 Å². The molecule has 3 nitrogen and oxygen atoms in total. The second-order valence-electron chi connectivity index (χ2n) is 8.11. The summed E-state index contributed by atoms with van der Waals surface area (Å²) >= 11 is 0. The van der Waals surface area contributed by atoms with E-state index in [1.165, 1.54) is 0 Å². The van der Waals surface area contributed by atoms with Gasteiger partial charge in [-0.25, -0.2) is 0 Å². The molecule has 4 aromatic carbocycles. The smallest absolute Gasteiger partial charge is 0.195 e. The van der Waals surface area contributed by atoms with E-state index in [-0.39, 0.29) is 11.6 Å². The average molecular weight is 425 g/mol. The molecule has 1 heterocycles. The SMILES string of the molecule is O=C1C(c2ccccc2)=C(c2c(-c3ccccc3)[nH]c3ccccc23)C(=O)c2ccccc21. The number of nitrogens with one attached hydrogen (secondary N) is 1. The Labute approximate surface area is 191 Å². The van der Waals surface area contributed by atoms with E-state index in [4.69, 9.17) is 0 Å². The Balaban J connectivity index is 1.76. The van der Waals surface area contributed by atoms with E-state index in [2.05, 4.69) is 4.98 Å². The number of para-hydroxylation sites is 1. The molecule has 6 rings (SSSR count). The Morgan fingerprint density at radius 1 is 0.485 bits per heavy atom. The van der Waals surface area contributed by atoms with E-state index < -0.39 is 0 Å². The first-order chi connectivity index (χ1) is 16.2. The maximum Gasteiger partial charge on any atom is 0.195 e. The van der Waals surface area contributed by atoms with Gasteiger partial charge in [-0.05, 0) is 17.2 Å². The Hall–Kier alpha value is -4.50. The number of Topliss-reactive ketones (excluding diaryl/α,β-unsaturated/α-hetero) is 2. The number of fused-ring (bicyclic) bond motifs is 2. The predicted molar refractivity (Wildman–Crippen MR) is 132 cm³/mol. The lowest BCUT2D eigenvalue weighted by molar-refractivity contribution is 0.101. The van der Waals surface area contributed by atoms with Crippen molar-refractivity contribution in [2.24, 2.45) is 0 Å². The molecule has 1 aliphatic rings. The fourth-order valence-corrected chi connectivity index (χ4v) is 4.72. The molecule has 0 atom stereocenters. The summed E-state index contributed by atoms with van der Waals surface area (Å²) < 4.78 is 0. The van der Waals surface area contributed by atoms with E-state index in [9.17, 15) is 9.59 Å². The summed E-state index contributed by atoms with van der Waals surface area (Å²) in [6.07, 6.45) is 0. The van der Waals surface area contributed by atoms with E-state index in [0.29, 0.717) is 22.3 Å². The zero-order valence-corrected chi connectivity index (χ0v) is 17.7. The third-order valence-corrected chi connectivity index (χ3v) is 6.20. The van der Waals surface area contributed by atoms with Gasteiger partial charge in [0.1, 0.15) is 0 Å². The van der Waals surface area contributed by atoms with E-state index in [1.54, 1.807) is 18.2 Å². The van der Waals surface area contributed by atoms with Crippen molar-refractivity contribution in [1.29, 1.82) is 0 Å². The van der Waals surface area contributed by atoms with Gasteiger partial charge in [-0.2, -0.15) is 0 Å². The standard InChI is InChI=1S/C30H19NO2/c32-29-21-15-7-8-16-22(21)30(33)27(25(29)19-11-3-1-4-12-19)26-23-17-9-10-18-24(23)31-28(26)20-13-5-2-6-14-20/h1-18,31H. The minimum Gasteiger partial charge on any atom is -0.354 e. The number of ketones is 2. The molecule has 0 saturated carbocycles. The van der Waals surface area contributed by atoms with Crippen molar-refractivity contribution >= 4 is 33.6 Å². The van der Waals surface area contributed by atoms with Gasteiger partial charge in [-0.3, -0.25) is 9.59 Å². The second kappa shape index (κ2) is 7.57. The van der Waals surface area contributed by atoms with Gasteiger partial charge in [0.25, 0.3) is 0 Å². The normalized spacial score (nSPS) is 13.5. The van der Waals surface area contributed by atoms with Crippen molar-refractivity contribution in [2.75, 3.05) is 0 Å². The minimum absolute atomic E-state index is 0.129. The number of benzene rings is 4. The van der Waals surface area contributed by atoms with Gasteiger partial charge in [0.15, 0.2) is 11.6 Å². The number of carbonyl (C=O) groups excluding carboxylic acids is 2. The maximum absolute atomic E-state index is 14.0.